The lowest BCUT2D eigenvalue weighted by Crippen LogP contribution is -2.26. The smallest absolute Gasteiger partial charge is 0.0709 e. The van der Waals surface area contributed by atoms with Crippen LogP contribution in [0.5, 0.6) is 0 Å². The third-order valence-electron chi connectivity index (χ3n) is 3.19. The quantitative estimate of drug-likeness (QED) is 0.882. The Morgan fingerprint density at radius 1 is 1.28 bits per heavy atom. The third-order valence-corrected chi connectivity index (χ3v) is 3.19. The number of hydrogen-bond acceptors (Lipinski definition) is 2. The van der Waals surface area contributed by atoms with Crippen molar-refractivity contribution in [1.29, 1.82) is 0 Å². The summed E-state index contributed by atoms with van der Waals surface area (Å²) in [5.74, 6) is 0. The van der Waals surface area contributed by atoms with Crippen LogP contribution in [0.25, 0.3) is 17.0 Å². The highest BCUT2D eigenvalue weighted by Crippen LogP contribution is 2.14. The van der Waals surface area contributed by atoms with Gasteiger partial charge in [0.15, 0.2) is 0 Å². The zero-order valence-corrected chi connectivity index (χ0v) is 11.3. The van der Waals surface area contributed by atoms with E-state index < -0.39 is 0 Å². The highest BCUT2D eigenvalue weighted by atomic mass is 14.9. The molecule has 1 N–H and O–H groups in total. The Morgan fingerprint density at radius 2 is 2.06 bits per heavy atom. The van der Waals surface area contributed by atoms with E-state index in [4.69, 9.17) is 0 Å². The molecule has 1 aromatic heterocycles. The monoisotopic (exact) mass is 240 g/mol. The highest BCUT2D eigenvalue weighted by Gasteiger charge is 2.02. The van der Waals surface area contributed by atoms with E-state index in [1.165, 1.54) is 11.0 Å². The summed E-state index contributed by atoms with van der Waals surface area (Å²) in [6.45, 7) is 7.43. The SMILES string of the molecule is CCNC(C)/C(C)=C/c1ccc2ccccc2n1. The molecule has 2 aromatic rings. The number of pyridine rings is 1. The Kier molecular flexibility index (Phi) is 4.11. The van der Waals surface area contributed by atoms with Crippen LogP contribution in [0.15, 0.2) is 42.0 Å². The van der Waals surface area contributed by atoms with Gasteiger partial charge in [0.2, 0.25) is 0 Å². The van der Waals surface area contributed by atoms with Crippen molar-refractivity contribution in [3.63, 3.8) is 0 Å². The molecular formula is C16H20N2. The number of rotatable bonds is 4. The second-order valence-electron chi connectivity index (χ2n) is 4.60. The molecule has 2 rings (SSSR count). The Labute approximate surface area is 109 Å². The number of likely N-dealkylation sites (N-methyl/N-ethyl adjacent to an activating group) is 1. The van der Waals surface area contributed by atoms with E-state index in [1.54, 1.807) is 0 Å². The summed E-state index contributed by atoms with van der Waals surface area (Å²) in [5.41, 5.74) is 3.38. The van der Waals surface area contributed by atoms with Crippen LogP contribution >= 0.6 is 0 Å². The molecular weight excluding hydrogens is 220 g/mol. The van der Waals surface area contributed by atoms with Crippen molar-refractivity contribution in [1.82, 2.24) is 10.3 Å². The molecule has 0 radical (unpaired) electrons. The molecule has 0 aliphatic carbocycles. The highest BCUT2D eigenvalue weighted by molar-refractivity contribution is 5.79. The average molecular weight is 240 g/mol. The summed E-state index contributed by atoms with van der Waals surface area (Å²) >= 11 is 0. The fourth-order valence-corrected chi connectivity index (χ4v) is 1.99. The fraction of sp³-hybridized carbons (Fsp3) is 0.312. The maximum atomic E-state index is 4.65. The van der Waals surface area contributed by atoms with Crippen LogP contribution in [0.3, 0.4) is 0 Å². The molecule has 0 aliphatic rings. The van der Waals surface area contributed by atoms with Gasteiger partial charge in [-0.05, 0) is 38.6 Å². The third kappa shape index (κ3) is 2.96. The Balaban J connectivity index is 2.28. The minimum absolute atomic E-state index is 0.392. The summed E-state index contributed by atoms with van der Waals surface area (Å²) in [6.07, 6.45) is 2.15. The normalized spacial score (nSPS) is 13.8. The van der Waals surface area contributed by atoms with E-state index in [1.807, 2.05) is 12.1 Å². The summed E-state index contributed by atoms with van der Waals surface area (Å²) in [4.78, 5) is 4.65. The van der Waals surface area contributed by atoms with Crippen molar-refractivity contribution < 1.29 is 0 Å². The van der Waals surface area contributed by atoms with Gasteiger partial charge < -0.3 is 5.32 Å². The van der Waals surface area contributed by atoms with Crippen LogP contribution in [-0.4, -0.2) is 17.6 Å². The van der Waals surface area contributed by atoms with Gasteiger partial charge in [-0.3, -0.25) is 0 Å². The number of fused-ring (bicyclic) bond motifs is 1. The van der Waals surface area contributed by atoms with Gasteiger partial charge in [-0.2, -0.15) is 0 Å². The van der Waals surface area contributed by atoms with Crippen LogP contribution in [0, 0.1) is 0 Å². The minimum atomic E-state index is 0.392. The Bertz CT molecular complexity index is 558. The summed E-state index contributed by atoms with van der Waals surface area (Å²) in [6, 6.07) is 12.8. The van der Waals surface area contributed by atoms with Gasteiger partial charge in [0.05, 0.1) is 11.2 Å². The van der Waals surface area contributed by atoms with Crippen molar-refractivity contribution >= 4 is 17.0 Å². The largest absolute Gasteiger partial charge is 0.311 e. The number of para-hydroxylation sites is 1. The molecule has 1 heterocycles. The molecule has 2 heteroatoms. The van der Waals surface area contributed by atoms with Crippen LogP contribution < -0.4 is 5.32 Å². The van der Waals surface area contributed by atoms with Gasteiger partial charge >= 0.3 is 0 Å². The summed E-state index contributed by atoms with van der Waals surface area (Å²) in [7, 11) is 0. The molecule has 1 unspecified atom stereocenters. The number of nitrogens with zero attached hydrogens (tertiary/aromatic N) is 1. The maximum Gasteiger partial charge on any atom is 0.0709 e. The minimum Gasteiger partial charge on any atom is -0.311 e. The molecule has 94 valence electrons. The predicted octanol–water partition coefficient (Wildman–Crippen LogP) is 3.64. The summed E-state index contributed by atoms with van der Waals surface area (Å²) in [5, 5.41) is 4.59. The molecule has 0 fully saturated rings. The summed E-state index contributed by atoms with van der Waals surface area (Å²) < 4.78 is 0. The molecule has 1 aromatic carbocycles. The topological polar surface area (TPSA) is 24.9 Å². The van der Waals surface area contributed by atoms with E-state index in [9.17, 15) is 0 Å². The van der Waals surface area contributed by atoms with E-state index in [0.29, 0.717) is 6.04 Å². The van der Waals surface area contributed by atoms with Crippen LogP contribution in [0.1, 0.15) is 26.5 Å². The first kappa shape index (κ1) is 12.8. The van der Waals surface area contributed by atoms with Crippen molar-refractivity contribution in [3.05, 3.63) is 47.7 Å². The number of hydrogen-bond donors (Lipinski definition) is 1. The number of benzene rings is 1. The second kappa shape index (κ2) is 5.78. The first-order valence-electron chi connectivity index (χ1n) is 6.48. The molecule has 18 heavy (non-hydrogen) atoms. The van der Waals surface area contributed by atoms with Gasteiger partial charge in [0, 0.05) is 11.4 Å². The molecule has 1 atom stereocenters. The molecule has 2 nitrogen and oxygen atoms in total. The molecule has 0 spiro atoms. The maximum absolute atomic E-state index is 4.65. The lowest BCUT2D eigenvalue weighted by atomic mass is 10.1. The molecule has 0 bridgehead atoms. The molecule has 0 amide bonds. The lowest BCUT2D eigenvalue weighted by molar-refractivity contribution is 0.636. The van der Waals surface area contributed by atoms with Crippen LogP contribution in [-0.2, 0) is 0 Å². The van der Waals surface area contributed by atoms with E-state index in [0.717, 1.165) is 17.8 Å². The molecule has 0 aliphatic heterocycles. The van der Waals surface area contributed by atoms with Gasteiger partial charge in [0.1, 0.15) is 0 Å². The number of nitrogens with one attached hydrogen (secondary N) is 1. The zero-order valence-electron chi connectivity index (χ0n) is 11.3. The Hall–Kier alpha value is -1.67. The number of aromatic nitrogens is 1. The lowest BCUT2D eigenvalue weighted by Gasteiger charge is -2.12. The van der Waals surface area contributed by atoms with Crippen LogP contribution in [0.4, 0.5) is 0 Å². The standard InChI is InChI=1S/C16H20N2/c1-4-17-13(3)12(2)11-15-10-9-14-7-5-6-8-16(14)18-15/h5-11,13,17H,4H2,1-3H3/b12-11+. The first-order chi connectivity index (χ1) is 8.70. The second-order valence-corrected chi connectivity index (χ2v) is 4.60. The van der Waals surface area contributed by atoms with E-state index in [-0.39, 0.29) is 0 Å². The Morgan fingerprint density at radius 3 is 2.83 bits per heavy atom. The molecule has 0 saturated carbocycles. The zero-order chi connectivity index (χ0) is 13.0. The van der Waals surface area contributed by atoms with Crippen molar-refractivity contribution in [3.8, 4) is 0 Å². The predicted molar refractivity (Wildman–Crippen MR) is 78.5 cm³/mol. The van der Waals surface area contributed by atoms with Crippen molar-refractivity contribution in [2.24, 2.45) is 0 Å². The van der Waals surface area contributed by atoms with Gasteiger partial charge in [0.25, 0.3) is 0 Å². The average Bonchev–Trinajstić information content (AvgIpc) is 2.39. The van der Waals surface area contributed by atoms with Crippen LogP contribution in [0.2, 0.25) is 0 Å². The molecule has 0 saturated heterocycles. The van der Waals surface area contributed by atoms with E-state index >= 15 is 0 Å². The van der Waals surface area contributed by atoms with Gasteiger partial charge in [-0.25, -0.2) is 4.98 Å². The van der Waals surface area contributed by atoms with E-state index in [2.05, 4.69) is 61.4 Å². The first-order valence-corrected chi connectivity index (χ1v) is 6.48. The van der Waals surface area contributed by atoms with Gasteiger partial charge in [-0.15, -0.1) is 0 Å². The van der Waals surface area contributed by atoms with Gasteiger partial charge in [-0.1, -0.05) is 36.8 Å². The van der Waals surface area contributed by atoms with Crippen molar-refractivity contribution in [2.75, 3.05) is 6.54 Å². The fourth-order valence-electron chi connectivity index (χ4n) is 1.99. The van der Waals surface area contributed by atoms with Crippen molar-refractivity contribution in [2.45, 2.75) is 26.8 Å².